The van der Waals surface area contributed by atoms with Crippen molar-refractivity contribution in [2.45, 2.75) is 20.8 Å². The van der Waals surface area contributed by atoms with Crippen LogP contribution in [-0.4, -0.2) is 10.2 Å². The molecule has 0 atom stereocenters. The van der Waals surface area contributed by atoms with E-state index in [1.807, 2.05) is 13.8 Å². The van der Waals surface area contributed by atoms with Gasteiger partial charge in [-0.05, 0) is 50.1 Å². The molecule has 1 rings (SSSR count). The number of hydrogen-bond acceptors (Lipinski definition) is 3. The minimum absolute atomic E-state index is 0.110. The van der Waals surface area contributed by atoms with Gasteiger partial charge >= 0.3 is 0 Å². The van der Waals surface area contributed by atoms with E-state index in [1.54, 1.807) is 19.1 Å². The number of nitro groups is 1. The summed E-state index contributed by atoms with van der Waals surface area (Å²) >= 11 is 5.37. The first kappa shape index (κ1) is 13.4. The summed E-state index contributed by atoms with van der Waals surface area (Å²) in [6, 6.07) is 2.82. The van der Waals surface area contributed by atoms with Crippen molar-refractivity contribution >= 4 is 28.6 Å². The Bertz CT molecular complexity index is 517. The van der Waals surface area contributed by atoms with Crippen molar-refractivity contribution in [3.05, 3.63) is 44.5 Å². The molecule has 5 heteroatoms. The quantitative estimate of drug-likeness (QED) is 0.469. The Morgan fingerprint density at radius 3 is 2.41 bits per heavy atom. The molecule has 0 saturated carbocycles. The zero-order chi connectivity index (χ0) is 13.2. The number of allylic oxidation sites excluding steroid dienone is 1. The summed E-state index contributed by atoms with van der Waals surface area (Å²) in [7, 11) is 0. The number of hydrogen-bond donors (Lipinski definition) is 0. The van der Waals surface area contributed by atoms with Crippen molar-refractivity contribution in [3.8, 4) is 0 Å². The zero-order valence-electron chi connectivity index (χ0n) is 9.78. The minimum Gasteiger partial charge on any atom is -0.276 e. The molecule has 0 unspecified atom stereocenters. The van der Waals surface area contributed by atoms with E-state index in [0.717, 1.165) is 5.57 Å². The molecule has 0 radical (unpaired) electrons. The normalized spacial score (nSPS) is 9.88. The summed E-state index contributed by atoms with van der Waals surface area (Å²) in [5.74, 6) is 0. The Hall–Kier alpha value is -1.68. The van der Waals surface area contributed by atoms with Gasteiger partial charge in [0, 0.05) is 11.6 Å². The number of nitro benzene ring substituents is 1. The topological polar surface area (TPSA) is 60.2 Å². The largest absolute Gasteiger partial charge is 0.277 e. The summed E-state index contributed by atoms with van der Waals surface area (Å²) < 4.78 is 0. The third-order valence-corrected chi connectivity index (χ3v) is 2.43. The third kappa shape index (κ3) is 3.14. The standard InChI is InChI=1S/C12H12ClNO3/c1-7(2)4-9-5-8(3)10(12(13)15)6-11(9)14(16)17/h4-6H,1-3H3. The summed E-state index contributed by atoms with van der Waals surface area (Å²) in [5.41, 5.74) is 2.11. The molecule has 0 aliphatic heterocycles. The van der Waals surface area contributed by atoms with Gasteiger partial charge in [0.25, 0.3) is 10.9 Å². The second-order valence-electron chi connectivity index (χ2n) is 3.98. The lowest BCUT2D eigenvalue weighted by Crippen LogP contribution is -1.99. The molecule has 0 aliphatic rings. The maximum Gasteiger partial charge on any atom is 0.277 e. The minimum atomic E-state index is -0.686. The highest BCUT2D eigenvalue weighted by molar-refractivity contribution is 6.68. The molecule has 0 aromatic heterocycles. The Labute approximate surface area is 104 Å². The predicted octanol–water partition coefficient (Wildman–Crippen LogP) is 3.71. The smallest absolute Gasteiger partial charge is 0.276 e. The summed E-state index contributed by atoms with van der Waals surface area (Å²) in [6.07, 6.45) is 1.70. The van der Waals surface area contributed by atoms with Gasteiger partial charge in [0.15, 0.2) is 0 Å². The van der Waals surface area contributed by atoms with Crippen LogP contribution in [0.1, 0.15) is 35.3 Å². The Morgan fingerprint density at radius 1 is 1.41 bits per heavy atom. The van der Waals surface area contributed by atoms with Gasteiger partial charge in [0.05, 0.1) is 10.5 Å². The van der Waals surface area contributed by atoms with Crippen molar-refractivity contribution in [1.29, 1.82) is 0 Å². The van der Waals surface area contributed by atoms with Crippen molar-refractivity contribution < 1.29 is 9.72 Å². The Kier molecular flexibility index (Phi) is 4.02. The van der Waals surface area contributed by atoms with E-state index in [-0.39, 0.29) is 11.3 Å². The van der Waals surface area contributed by atoms with Crippen LogP contribution in [-0.2, 0) is 0 Å². The molecule has 0 saturated heterocycles. The molecule has 1 aromatic rings. The van der Waals surface area contributed by atoms with Crippen molar-refractivity contribution in [1.82, 2.24) is 0 Å². The van der Waals surface area contributed by atoms with Crippen molar-refractivity contribution in [2.24, 2.45) is 0 Å². The molecular formula is C12H12ClNO3. The van der Waals surface area contributed by atoms with Gasteiger partial charge in [0.2, 0.25) is 0 Å². The van der Waals surface area contributed by atoms with Crippen LogP contribution < -0.4 is 0 Å². The van der Waals surface area contributed by atoms with Gasteiger partial charge < -0.3 is 0 Å². The van der Waals surface area contributed by atoms with Crippen LogP contribution in [0, 0.1) is 17.0 Å². The summed E-state index contributed by atoms with van der Waals surface area (Å²) in [4.78, 5) is 21.5. The molecule has 0 aliphatic carbocycles. The molecule has 0 spiro atoms. The molecule has 0 N–H and O–H groups in total. The fourth-order valence-corrected chi connectivity index (χ4v) is 1.72. The summed E-state index contributed by atoms with van der Waals surface area (Å²) in [5, 5.41) is 10.2. The fraction of sp³-hybridized carbons (Fsp3) is 0.250. The number of rotatable bonds is 3. The van der Waals surface area contributed by atoms with E-state index in [0.29, 0.717) is 11.1 Å². The van der Waals surface area contributed by atoms with E-state index in [2.05, 4.69) is 0 Å². The highest BCUT2D eigenvalue weighted by Crippen LogP contribution is 2.26. The van der Waals surface area contributed by atoms with Crippen molar-refractivity contribution in [2.75, 3.05) is 0 Å². The molecule has 4 nitrogen and oxygen atoms in total. The zero-order valence-corrected chi connectivity index (χ0v) is 10.5. The molecule has 0 amide bonds. The lowest BCUT2D eigenvalue weighted by atomic mass is 10.0. The first-order chi connectivity index (χ1) is 7.82. The predicted molar refractivity (Wildman–Crippen MR) is 67.3 cm³/mol. The van der Waals surface area contributed by atoms with Crippen LogP contribution in [0.2, 0.25) is 0 Å². The Morgan fingerprint density at radius 2 is 2.00 bits per heavy atom. The SMILES string of the molecule is CC(C)=Cc1cc(C)c(C(=O)Cl)cc1[N+](=O)[O-]. The second kappa shape index (κ2) is 5.10. The maximum absolute atomic E-state index is 11.1. The Balaban J connectivity index is 3.52. The van der Waals surface area contributed by atoms with Gasteiger partial charge in [-0.1, -0.05) is 5.57 Å². The van der Waals surface area contributed by atoms with Crippen LogP contribution >= 0.6 is 11.6 Å². The van der Waals surface area contributed by atoms with Gasteiger partial charge in [0.1, 0.15) is 0 Å². The van der Waals surface area contributed by atoms with E-state index in [4.69, 9.17) is 11.6 Å². The van der Waals surface area contributed by atoms with Gasteiger partial charge in [-0.3, -0.25) is 14.9 Å². The van der Waals surface area contributed by atoms with E-state index >= 15 is 0 Å². The number of aryl methyl sites for hydroxylation is 1. The van der Waals surface area contributed by atoms with Gasteiger partial charge in [-0.15, -0.1) is 0 Å². The monoisotopic (exact) mass is 253 g/mol. The third-order valence-electron chi connectivity index (χ3n) is 2.23. The fourth-order valence-electron chi connectivity index (χ4n) is 1.52. The first-order valence-electron chi connectivity index (χ1n) is 4.96. The molecular weight excluding hydrogens is 242 g/mol. The maximum atomic E-state index is 11.1. The second-order valence-corrected chi connectivity index (χ2v) is 4.32. The molecule has 17 heavy (non-hydrogen) atoms. The average Bonchev–Trinajstić information content (AvgIpc) is 2.15. The van der Waals surface area contributed by atoms with Crippen LogP contribution in [0.15, 0.2) is 17.7 Å². The van der Waals surface area contributed by atoms with Crippen LogP contribution in [0.25, 0.3) is 6.08 Å². The molecule has 0 heterocycles. The van der Waals surface area contributed by atoms with E-state index < -0.39 is 10.2 Å². The number of nitrogens with zero attached hydrogens (tertiary/aromatic N) is 1. The van der Waals surface area contributed by atoms with Crippen LogP contribution in [0.4, 0.5) is 5.69 Å². The molecule has 90 valence electrons. The highest BCUT2D eigenvalue weighted by atomic mass is 35.5. The first-order valence-corrected chi connectivity index (χ1v) is 5.34. The van der Waals surface area contributed by atoms with E-state index in [1.165, 1.54) is 6.07 Å². The van der Waals surface area contributed by atoms with Crippen LogP contribution in [0.5, 0.6) is 0 Å². The number of carbonyl (C=O) groups is 1. The van der Waals surface area contributed by atoms with Gasteiger partial charge in [-0.25, -0.2) is 0 Å². The average molecular weight is 254 g/mol. The van der Waals surface area contributed by atoms with Crippen molar-refractivity contribution in [3.63, 3.8) is 0 Å². The number of halogens is 1. The van der Waals surface area contributed by atoms with Gasteiger partial charge in [-0.2, -0.15) is 0 Å². The lowest BCUT2D eigenvalue weighted by Gasteiger charge is -2.04. The molecule has 0 fully saturated rings. The summed E-state index contributed by atoms with van der Waals surface area (Å²) in [6.45, 7) is 5.39. The molecule has 0 bridgehead atoms. The number of benzene rings is 1. The molecule has 1 aromatic carbocycles. The number of carbonyl (C=O) groups excluding carboxylic acids is 1. The van der Waals surface area contributed by atoms with Crippen LogP contribution in [0.3, 0.4) is 0 Å². The highest BCUT2D eigenvalue weighted by Gasteiger charge is 2.17. The lowest BCUT2D eigenvalue weighted by molar-refractivity contribution is -0.385. The van der Waals surface area contributed by atoms with E-state index in [9.17, 15) is 14.9 Å².